The molecule has 1 atom stereocenters. The number of para-hydroxylation sites is 1. The number of phenolic OH excluding ortho intramolecular Hbond substituents is 1. The molecule has 1 aliphatic rings. The van der Waals surface area contributed by atoms with Crippen molar-refractivity contribution in [1.29, 1.82) is 0 Å². The number of nitrogens with zero attached hydrogens (tertiary/aromatic N) is 4. The first-order valence-electron chi connectivity index (χ1n) is 10.4. The molecule has 1 N–H and O–H groups in total. The Bertz CT molecular complexity index is 1290. The normalized spacial score (nSPS) is 15.6. The molecule has 1 aliphatic heterocycles. The van der Waals surface area contributed by atoms with Crippen molar-refractivity contribution in [3.63, 3.8) is 0 Å². The summed E-state index contributed by atoms with van der Waals surface area (Å²) in [5, 5.41) is 17.3. The number of hydrogen-bond acceptors (Lipinski definition) is 5. The van der Waals surface area contributed by atoms with Crippen molar-refractivity contribution in [2.45, 2.75) is 19.4 Å². The van der Waals surface area contributed by atoms with Crippen molar-refractivity contribution >= 4 is 27.5 Å². The molecule has 4 aromatic rings. The third-order valence-electron chi connectivity index (χ3n) is 5.49. The van der Waals surface area contributed by atoms with Crippen LogP contribution in [0.1, 0.15) is 29.3 Å². The van der Waals surface area contributed by atoms with Crippen LogP contribution in [0, 0.1) is 6.92 Å². The Morgan fingerprint density at radius 2 is 1.62 bits per heavy atom. The monoisotopic (exact) mass is 484 g/mol. The van der Waals surface area contributed by atoms with Crippen LogP contribution in [0.5, 0.6) is 5.75 Å². The molecule has 1 aromatic heterocycles. The van der Waals surface area contributed by atoms with Crippen molar-refractivity contribution in [3.8, 4) is 17.1 Å². The van der Waals surface area contributed by atoms with Crippen LogP contribution in [0.4, 0.5) is 5.82 Å². The van der Waals surface area contributed by atoms with Crippen LogP contribution in [0.15, 0.2) is 94.5 Å². The van der Waals surface area contributed by atoms with Crippen LogP contribution >= 0.6 is 15.9 Å². The van der Waals surface area contributed by atoms with Gasteiger partial charge in [-0.2, -0.15) is 5.10 Å². The van der Waals surface area contributed by atoms with Crippen LogP contribution in [0.2, 0.25) is 0 Å². The highest BCUT2D eigenvalue weighted by Gasteiger charge is 2.31. The van der Waals surface area contributed by atoms with Gasteiger partial charge in [-0.1, -0.05) is 70.5 Å². The summed E-state index contributed by atoms with van der Waals surface area (Å²) in [6.07, 6.45) is 0.765. The van der Waals surface area contributed by atoms with Gasteiger partial charge < -0.3 is 5.11 Å². The molecule has 158 valence electrons. The van der Waals surface area contributed by atoms with Crippen molar-refractivity contribution in [1.82, 2.24) is 9.97 Å². The van der Waals surface area contributed by atoms with E-state index in [1.54, 1.807) is 12.1 Å². The quantitative estimate of drug-likeness (QED) is 0.370. The van der Waals surface area contributed by atoms with Gasteiger partial charge in [0.15, 0.2) is 11.6 Å². The van der Waals surface area contributed by atoms with Crippen LogP contribution in [0.3, 0.4) is 0 Å². The lowest BCUT2D eigenvalue weighted by Crippen LogP contribution is -2.20. The molecule has 5 rings (SSSR count). The number of phenols is 1. The first-order valence-corrected chi connectivity index (χ1v) is 11.2. The molecule has 0 saturated carbocycles. The minimum absolute atomic E-state index is 0.00447. The van der Waals surface area contributed by atoms with Crippen LogP contribution in [-0.2, 0) is 0 Å². The van der Waals surface area contributed by atoms with E-state index in [9.17, 15) is 5.11 Å². The van der Waals surface area contributed by atoms with Gasteiger partial charge in [-0.3, -0.25) is 0 Å². The summed E-state index contributed by atoms with van der Waals surface area (Å²) in [7, 11) is 0. The average Bonchev–Trinajstić information content (AvgIpc) is 3.26. The van der Waals surface area contributed by atoms with E-state index in [2.05, 4.69) is 45.2 Å². The summed E-state index contributed by atoms with van der Waals surface area (Å²) in [6.45, 7) is 1.93. The fraction of sp³-hybridized carbons (Fsp3) is 0.115. The Morgan fingerprint density at radius 1 is 0.906 bits per heavy atom. The molecule has 5 nitrogen and oxygen atoms in total. The number of rotatable bonds is 4. The average molecular weight is 485 g/mol. The summed E-state index contributed by atoms with van der Waals surface area (Å²) in [6, 6.07) is 27.6. The number of anilines is 1. The van der Waals surface area contributed by atoms with E-state index in [1.165, 1.54) is 0 Å². The van der Waals surface area contributed by atoms with E-state index >= 15 is 0 Å². The van der Waals surface area contributed by atoms with Crippen molar-refractivity contribution in [2.24, 2.45) is 5.10 Å². The topological polar surface area (TPSA) is 61.6 Å². The Balaban J connectivity index is 1.62. The van der Waals surface area contributed by atoms with Crippen LogP contribution in [-0.4, -0.2) is 20.8 Å². The summed E-state index contributed by atoms with van der Waals surface area (Å²) in [4.78, 5) is 9.38. The van der Waals surface area contributed by atoms with Gasteiger partial charge in [0.1, 0.15) is 5.75 Å². The maximum Gasteiger partial charge on any atom is 0.165 e. The summed E-state index contributed by atoms with van der Waals surface area (Å²) < 4.78 is 1.04. The zero-order valence-corrected chi connectivity index (χ0v) is 19.1. The second-order valence-corrected chi connectivity index (χ2v) is 8.65. The highest BCUT2D eigenvalue weighted by Crippen LogP contribution is 2.37. The Morgan fingerprint density at radius 3 is 2.38 bits per heavy atom. The predicted molar refractivity (Wildman–Crippen MR) is 131 cm³/mol. The molecule has 32 heavy (non-hydrogen) atoms. The van der Waals surface area contributed by atoms with E-state index in [0.29, 0.717) is 17.2 Å². The fourth-order valence-corrected chi connectivity index (χ4v) is 4.19. The number of halogens is 1. The molecule has 0 amide bonds. The molecule has 0 radical (unpaired) electrons. The molecule has 1 unspecified atom stereocenters. The van der Waals surface area contributed by atoms with E-state index in [4.69, 9.17) is 10.1 Å². The van der Waals surface area contributed by atoms with Gasteiger partial charge in [-0.25, -0.2) is 15.0 Å². The molecule has 0 fully saturated rings. The Hall–Kier alpha value is -3.51. The molecule has 0 spiro atoms. The lowest BCUT2D eigenvalue weighted by Gasteiger charge is -2.23. The third kappa shape index (κ3) is 4.01. The smallest absolute Gasteiger partial charge is 0.165 e. The number of benzene rings is 3. The molecule has 0 aliphatic carbocycles. The first-order chi connectivity index (χ1) is 15.6. The SMILES string of the molecule is Cc1cc(N2N=C(c3ccccc3)CC2c2ccc(Br)cc2)nc(-c2ccccc2O)n1. The molecule has 2 heterocycles. The lowest BCUT2D eigenvalue weighted by atomic mass is 9.98. The number of aryl methyl sites for hydroxylation is 1. The van der Waals surface area contributed by atoms with Gasteiger partial charge in [-0.05, 0) is 42.3 Å². The number of hydrazone groups is 1. The first kappa shape index (κ1) is 20.4. The van der Waals surface area contributed by atoms with Gasteiger partial charge in [0, 0.05) is 22.7 Å². The Kier molecular flexibility index (Phi) is 5.45. The predicted octanol–water partition coefficient (Wildman–Crippen LogP) is 6.28. The van der Waals surface area contributed by atoms with Gasteiger partial charge in [-0.15, -0.1) is 0 Å². The zero-order valence-electron chi connectivity index (χ0n) is 17.5. The van der Waals surface area contributed by atoms with Gasteiger partial charge >= 0.3 is 0 Å². The van der Waals surface area contributed by atoms with E-state index in [0.717, 1.165) is 33.4 Å². The molecular formula is C26H21BrN4O. The van der Waals surface area contributed by atoms with Crippen LogP contribution < -0.4 is 5.01 Å². The Labute approximate surface area is 195 Å². The lowest BCUT2D eigenvalue weighted by molar-refractivity contribution is 0.477. The standard InChI is InChI=1S/C26H21BrN4O/c1-17-15-25(29-26(28-17)21-9-5-6-10-24(21)32)31-23(19-11-13-20(27)14-12-19)16-22(30-31)18-7-3-2-4-8-18/h2-15,23,32H,16H2,1H3. The summed E-state index contributed by atoms with van der Waals surface area (Å²) in [5.41, 5.74) is 4.68. The van der Waals surface area contributed by atoms with Gasteiger partial charge in [0.2, 0.25) is 0 Å². The highest BCUT2D eigenvalue weighted by molar-refractivity contribution is 9.10. The number of aromatic hydroxyl groups is 1. The summed E-state index contributed by atoms with van der Waals surface area (Å²) in [5.74, 6) is 1.34. The molecule has 3 aromatic carbocycles. The minimum Gasteiger partial charge on any atom is -0.507 e. The molecule has 0 saturated heterocycles. The second-order valence-electron chi connectivity index (χ2n) is 7.74. The second kappa shape index (κ2) is 8.55. The van der Waals surface area contributed by atoms with Crippen molar-refractivity contribution < 1.29 is 5.11 Å². The van der Waals surface area contributed by atoms with Crippen LogP contribution in [0.25, 0.3) is 11.4 Å². The van der Waals surface area contributed by atoms with Gasteiger partial charge in [0.05, 0.1) is 17.3 Å². The molecule has 0 bridgehead atoms. The molecular weight excluding hydrogens is 464 g/mol. The van der Waals surface area contributed by atoms with E-state index in [-0.39, 0.29) is 11.8 Å². The number of aromatic nitrogens is 2. The van der Waals surface area contributed by atoms with Crippen molar-refractivity contribution in [2.75, 3.05) is 5.01 Å². The maximum atomic E-state index is 10.3. The van der Waals surface area contributed by atoms with E-state index in [1.807, 2.05) is 60.5 Å². The highest BCUT2D eigenvalue weighted by atomic mass is 79.9. The fourth-order valence-electron chi connectivity index (χ4n) is 3.92. The number of hydrogen-bond donors (Lipinski definition) is 1. The summed E-state index contributed by atoms with van der Waals surface area (Å²) >= 11 is 3.53. The zero-order chi connectivity index (χ0) is 22.1. The largest absolute Gasteiger partial charge is 0.507 e. The van der Waals surface area contributed by atoms with Gasteiger partial charge in [0.25, 0.3) is 0 Å². The minimum atomic E-state index is 0.00447. The van der Waals surface area contributed by atoms with E-state index < -0.39 is 0 Å². The molecule has 6 heteroatoms. The van der Waals surface area contributed by atoms with Crippen molar-refractivity contribution in [3.05, 3.63) is 106 Å². The maximum absolute atomic E-state index is 10.3. The third-order valence-corrected chi connectivity index (χ3v) is 6.02.